The Morgan fingerprint density at radius 2 is 2.19 bits per heavy atom. The van der Waals surface area contributed by atoms with Gasteiger partial charge in [0.15, 0.2) is 0 Å². The molecule has 0 radical (unpaired) electrons. The summed E-state index contributed by atoms with van der Waals surface area (Å²) >= 11 is 0. The number of aromatic nitrogens is 1. The van der Waals surface area contributed by atoms with Gasteiger partial charge in [0.05, 0.1) is 12.3 Å². The van der Waals surface area contributed by atoms with Crippen molar-refractivity contribution in [3.05, 3.63) is 48.2 Å². The van der Waals surface area contributed by atoms with Crippen molar-refractivity contribution in [3.63, 3.8) is 0 Å². The van der Waals surface area contributed by atoms with Gasteiger partial charge in [-0.15, -0.1) is 0 Å². The fraction of sp³-hybridized carbons (Fsp3) is 0.353. The normalized spacial score (nSPS) is 14.0. The SMILES string of the molecule is CCNc1cc(CN2CCCOc3ccccc32)ccn1. The van der Waals surface area contributed by atoms with Crippen LogP contribution in [-0.2, 0) is 6.54 Å². The Kier molecular flexibility index (Phi) is 4.24. The van der Waals surface area contributed by atoms with Crippen LogP contribution >= 0.6 is 0 Å². The molecule has 0 bridgehead atoms. The Morgan fingerprint density at radius 3 is 3.10 bits per heavy atom. The minimum atomic E-state index is 0.784. The van der Waals surface area contributed by atoms with Crippen LogP contribution in [0.3, 0.4) is 0 Å². The molecule has 4 nitrogen and oxygen atoms in total. The number of pyridine rings is 1. The van der Waals surface area contributed by atoms with Crippen LogP contribution in [0.4, 0.5) is 11.5 Å². The monoisotopic (exact) mass is 283 g/mol. The molecule has 1 aromatic carbocycles. The van der Waals surface area contributed by atoms with E-state index in [9.17, 15) is 0 Å². The summed E-state index contributed by atoms with van der Waals surface area (Å²) in [7, 11) is 0. The van der Waals surface area contributed by atoms with Gasteiger partial charge in [0.2, 0.25) is 0 Å². The minimum Gasteiger partial charge on any atom is -0.491 e. The maximum Gasteiger partial charge on any atom is 0.142 e. The fourth-order valence-electron chi connectivity index (χ4n) is 2.63. The average molecular weight is 283 g/mol. The van der Waals surface area contributed by atoms with Gasteiger partial charge in [-0.25, -0.2) is 4.98 Å². The van der Waals surface area contributed by atoms with Crippen LogP contribution in [0.1, 0.15) is 18.9 Å². The van der Waals surface area contributed by atoms with Crippen molar-refractivity contribution < 1.29 is 4.74 Å². The van der Waals surface area contributed by atoms with Gasteiger partial charge in [-0.3, -0.25) is 0 Å². The Labute approximate surface area is 125 Å². The first-order valence-corrected chi connectivity index (χ1v) is 7.52. The lowest BCUT2D eigenvalue weighted by Crippen LogP contribution is -2.23. The van der Waals surface area contributed by atoms with Crippen molar-refractivity contribution >= 4 is 11.5 Å². The molecule has 1 aliphatic heterocycles. The predicted molar refractivity (Wildman–Crippen MR) is 86.0 cm³/mol. The van der Waals surface area contributed by atoms with Crippen LogP contribution < -0.4 is 15.0 Å². The highest BCUT2D eigenvalue weighted by Gasteiger charge is 2.16. The third-order valence-electron chi connectivity index (χ3n) is 3.59. The standard InChI is InChI=1S/C17H21N3O/c1-2-18-17-12-14(8-9-19-17)13-20-10-5-11-21-16-7-4-3-6-15(16)20/h3-4,6-9,12H,2,5,10-11,13H2,1H3,(H,18,19). The molecular weight excluding hydrogens is 262 g/mol. The van der Waals surface area contributed by atoms with Crippen LogP contribution in [0.2, 0.25) is 0 Å². The number of hydrogen-bond acceptors (Lipinski definition) is 4. The van der Waals surface area contributed by atoms with E-state index in [1.54, 1.807) is 0 Å². The van der Waals surface area contributed by atoms with E-state index in [-0.39, 0.29) is 0 Å². The van der Waals surface area contributed by atoms with Crippen LogP contribution in [0.15, 0.2) is 42.6 Å². The van der Waals surface area contributed by atoms with Gasteiger partial charge >= 0.3 is 0 Å². The number of para-hydroxylation sites is 2. The molecule has 1 aliphatic rings. The Hall–Kier alpha value is -2.23. The topological polar surface area (TPSA) is 37.4 Å². The van der Waals surface area contributed by atoms with Crippen molar-refractivity contribution in [2.24, 2.45) is 0 Å². The number of hydrogen-bond donors (Lipinski definition) is 1. The first-order valence-electron chi connectivity index (χ1n) is 7.52. The number of benzene rings is 1. The predicted octanol–water partition coefficient (Wildman–Crippen LogP) is 3.30. The summed E-state index contributed by atoms with van der Waals surface area (Å²) in [5, 5.41) is 3.26. The smallest absolute Gasteiger partial charge is 0.142 e. The summed E-state index contributed by atoms with van der Waals surface area (Å²) in [5.74, 6) is 1.92. The van der Waals surface area contributed by atoms with Crippen LogP contribution in [0.5, 0.6) is 5.75 Å². The average Bonchev–Trinajstić information content (AvgIpc) is 2.71. The van der Waals surface area contributed by atoms with Crippen molar-refractivity contribution in [3.8, 4) is 5.75 Å². The minimum absolute atomic E-state index is 0.784. The molecule has 0 aliphatic carbocycles. The van der Waals surface area contributed by atoms with E-state index in [2.05, 4.69) is 46.4 Å². The number of anilines is 2. The molecule has 110 valence electrons. The molecule has 0 saturated heterocycles. The maximum absolute atomic E-state index is 5.81. The van der Waals surface area contributed by atoms with Gasteiger partial charge in [-0.05, 0) is 43.2 Å². The van der Waals surface area contributed by atoms with E-state index in [4.69, 9.17) is 4.74 Å². The van der Waals surface area contributed by atoms with E-state index in [0.717, 1.165) is 44.2 Å². The molecule has 4 heteroatoms. The first kappa shape index (κ1) is 13.7. The lowest BCUT2D eigenvalue weighted by Gasteiger charge is -2.24. The molecular formula is C17H21N3O. The van der Waals surface area contributed by atoms with Gasteiger partial charge < -0.3 is 15.0 Å². The summed E-state index contributed by atoms with van der Waals surface area (Å²) < 4.78 is 5.81. The van der Waals surface area contributed by atoms with Crippen LogP contribution in [-0.4, -0.2) is 24.7 Å². The number of ether oxygens (including phenoxy) is 1. The van der Waals surface area contributed by atoms with E-state index >= 15 is 0 Å². The second kappa shape index (κ2) is 6.48. The lowest BCUT2D eigenvalue weighted by atomic mass is 10.2. The largest absolute Gasteiger partial charge is 0.491 e. The molecule has 2 aromatic rings. The van der Waals surface area contributed by atoms with Crippen LogP contribution in [0, 0.1) is 0 Å². The van der Waals surface area contributed by atoms with Gasteiger partial charge in [-0.1, -0.05) is 12.1 Å². The third kappa shape index (κ3) is 3.27. The molecule has 21 heavy (non-hydrogen) atoms. The number of fused-ring (bicyclic) bond motifs is 1. The molecule has 1 N–H and O–H groups in total. The van der Waals surface area contributed by atoms with Gasteiger partial charge in [0, 0.05) is 25.8 Å². The molecule has 1 aromatic heterocycles. The van der Waals surface area contributed by atoms with E-state index < -0.39 is 0 Å². The second-order valence-electron chi connectivity index (χ2n) is 5.17. The molecule has 3 rings (SSSR count). The zero-order valence-corrected chi connectivity index (χ0v) is 12.4. The van der Waals surface area contributed by atoms with Gasteiger partial charge in [-0.2, -0.15) is 0 Å². The lowest BCUT2D eigenvalue weighted by molar-refractivity contribution is 0.322. The second-order valence-corrected chi connectivity index (χ2v) is 5.17. The van der Waals surface area contributed by atoms with E-state index in [0.29, 0.717) is 0 Å². The zero-order chi connectivity index (χ0) is 14.5. The van der Waals surface area contributed by atoms with Crippen LogP contribution in [0.25, 0.3) is 0 Å². The summed E-state index contributed by atoms with van der Waals surface area (Å²) in [5.41, 5.74) is 2.44. The molecule has 0 atom stereocenters. The highest BCUT2D eigenvalue weighted by molar-refractivity contribution is 5.59. The maximum atomic E-state index is 5.81. The summed E-state index contributed by atoms with van der Waals surface area (Å²) in [4.78, 5) is 6.71. The first-order chi connectivity index (χ1) is 10.4. The van der Waals surface area contributed by atoms with Crippen molar-refractivity contribution in [1.29, 1.82) is 0 Å². The summed E-state index contributed by atoms with van der Waals surface area (Å²) in [6, 6.07) is 12.5. The van der Waals surface area contributed by atoms with Crippen molar-refractivity contribution in [2.75, 3.05) is 29.9 Å². The molecule has 0 saturated carbocycles. The van der Waals surface area contributed by atoms with Crippen molar-refractivity contribution in [2.45, 2.75) is 19.9 Å². The molecule has 0 fully saturated rings. The molecule has 0 amide bonds. The Morgan fingerprint density at radius 1 is 1.29 bits per heavy atom. The quantitative estimate of drug-likeness (QED) is 0.934. The van der Waals surface area contributed by atoms with Gasteiger partial charge in [0.1, 0.15) is 11.6 Å². The van der Waals surface area contributed by atoms with E-state index in [1.807, 2.05) is 18.3 Å². The zero-order valence-electron chi connectivity index (χ0n) is 12.4. The highest BCUT2D eigenvalue weighted by atomic mass is 16.5. The highest BCUT2D eigenvalue weighted by Crippen LogP contribution is 2.31. The molecule has 2 heterocycles. The Balaban J connectivity index is 1.82. The molecule has 0 spiro atoms. The summed E-state index contributed by atoms with van der Waals surface area (Å²) in [6.45, 7) is 5.64. The van der Waals surface area contributed by atoms with Crippen molar-refractivity contribution in [1.82, 2.24) is 4.98 Å². The molecule has 0 unspecified atom stereocenters. The van der Waals surface area contributed by atoms with E-state index in [1.165, 1.54) is 11.3 Å². The number of rotatable bonds is 4. The number of nitrogens with zero attached hydrogens (tertiary/aromatic N) is 2. The summed E-state index contributed by atoms with van der Waals surface area (Å²) in [6.07, 6.45) is 2.91. The fourth-order valence-corrected chi connectivity index (χ4v) is 2.63. The third-order valence-corrected chi connectivity index (χ3v) is 3.59. The van der Waals surface area contributed by atoms with Gasteiger partial charge in [0.25, 0.3) is 0 Å². The number of nitrogens with one attached hydrogen (secondary N) is 1. The Bertz CT molecular complexity index is 600.